The molecule has 1 aliphatic rings. The second-order valence-corrected chi connectivity index (χ2v) is 4.56. The van der Waals surface area contributed by atoms with Crippen molar-refractivity contribution in [3.63, 3.8) is 0 Å². The van der Waals surface area contributed by atoms with Crippen LogP contribution in [0.3, 0.4) is 0 Å². The SMILES string of the molecule is Cc1cccc(NC(=O)N(C)C2CCNC2)c1. The van der Waals surface area contributed by atoms with Crippen LogP contribution in [0.15, 0.2) is 24.3 Å². The molecular weight excluding hydrogens is 214 g/mol. The highest BCUT2D eigenvalue weighted by atomic mass is 16.2. The number of amides is 2. The number of hydrogen-bond acceptors (Lipinski definition) is 2. The number of nitrogens with one attached hydrogen (secondary N) is 2. The minimum atomic E-state index is -0.0377. The van der Waals surface area contributed by atoms with E-state index >= 15 is 0 Å². The maximum Gasteiger partial charge on any atom is 0.321 e. The van der Waals surface area contributed by atoms with Crippen LogP contribution in [0.2, 0.25) is 0 Å². The molecule has 4 nitrogen and oxygen atoms in total. The predicted molar refractivity (Wildman–Crippen MR) is 69.2 cm³/mol. The molecule has 1 aromatic carbocycles. The summed E-state index contributed by atoms with van der Waals surface area (Å²) in [7, 11) is 1.85. The molecule has 1 unspecified atom stereocenters. The van der Waals surface area contributed by atoms with Gasteiger partial charge in [-0.3, -0.25) is 0 Å². The number of aryl methyl sites for hydroxylation is 1. The Morgan fingerprint density at radius 3 is 3.00 bits per heavy atom. The molecule has 92 valence electrons. The minimum absolute atomic E-state index is 0.0377. The third-order valence-corrected chi connectivity index (χ3v) is 3.17. The normalized spacial score (nSPS) is 19.1. The Morgan fingerprint density at radius 1 is 1.53 bits per heavy atom. The van der Waals surface area contributed by atoms with Crippen molar-refractivity contribution in [3.8, 4) is 0 Å². The lowest BCUT2D eigenvalue weighted by atomic mass is 10.2. The first-order chi connectivity index (χ1) is 8.16. The van der Waals surface area contributed by atoms with Crippen molar-refractivity contribution >= 4 is 11.7 Å². The monoisotopic (exact) mass is 233 g/mol. The van der Waals surface area contributed by atoms with Crippen molar-refractivity contribution in [2.75, 3.05) is 25.5 Å². The number of nitrogens with zero attached hydrogens (tertiary/aromatic N) is 1. The number of carbonyl (C=O) groups excluding carboxylic acids is 1. The number of hydrogen-bond donors (Lipinski definition) is 2. The summed E-state index contributed by atoms with van der Waals surface area (Å²) in [5, 5.41) is 6.18. The quantitative estimate of drug-likeness (QED) is 0.818. The fourth-order valence-electron chi connectivity index (χ4n) is 2.07. The third kappa shape index (κ3) is 2.97. The van der Waals surface area contributed by atoms with Gasteiger partial charge in [-0.2, -0.15) is 0 Å². The molecule has 4 heteroatoms. The number of urea groups is 1. The molecule has 1 aliphatic heterocycles. The summed E-state index contributed by atoms with van der Waals surface area (Å²) in [6.45, 7) is 3.89. The minimum Gasteiger partial charge on any atom is -0.323 e. The zero-order valence-electron chi connectivity index (χ0n) is 10.4. The van der Waals surface area contributed by atoms with Gasteiger partial charge in [0.15, 0.2) is 0 Å². The van der Waals surface area contributed by atoms with Gasteiger partial charge in [0.1, 0.15) is 0 Å². The van der Waals surface area contributed by atoms with Crippen LogP contribution >= 0.6 is 0 Å². The fraction of sp³-hybridized carbons (Fsp3) is 0.462. The van der Waals surface area contributed by atoms with Crippen LogP contribution in [0, 0.1) is 6.92 Å². The summed E-state index contributed by atoms with van der Waals surface area (Å²) in [5.74, 6) is 0. The highest BCUT2D eigenvalue weighted by Crippen LogP contribution is 2.12. The van der Waals surface area contributed by atoms with E-state index in [1.165, 1.54) is 0 Å². The van der Waals surface area contributed by atoms with E-state index in [4.69, 9.17) is 0 Å². The smallest absolute Gasteiger partial charge is 0.321 e. The van der Waals surface area contributed by atoms with Crippen LogP contribution in [0.5, 0.6) is 0 Å². The summed E-state index contributed by atoms with van der Waals surface area (Å²) < 4.78 is 0. The Kier molecular flexibility index (Phi) is 3.64. The van der Waals surface area contributed by atoms with Gasteiger partial charge in [0.2, 0.25) is 0 Å². The third-order valence-electron chi connectivity index (χ3n) is 3.17. The molecule has 1 fully saturated rings. The number of carbonyl (C=O) groups is 1. The van der Waals surface area contributed by atoms with Crippen LogP contribution < -0.4 is 10.6 Å². The van der Waals surface area contributed by atoms with E-state index in [0.717, 1.165) is 30.8 Å². The van der Waals surface area contributed by atoms with Crippen molar-refractivity contribution in [2.45, 2.75) is 19.4 Å². The average molecular weight is 233 g/mol. The molecule has 1 aromatic rings. The summed E-state index contributed by atoms with van der Waals surface area (Å²) >= 11 is 0. The molecule has 0 aliphatic carbocycles. The molecule has 1 atom stereocenters. The van der Waals surface area contributed by atoms with E-state index in [-0.39, 0.29) is 6.03 Å². The van der Waals surface area contributed by atoms with Crippen molar-refractivity contribution in [1.82, 2.24) is 10.2 Å². The van der Waals surface area contributed by atoms with Gasteiger partial charge in [-0.1, -0.05) is 12.1 Å². The molecule has 0 spiro atoms. The number of benzene rings is 1. The van der Waals surface area contributed by atoms with Gasteiger partial charge >= 0.3 is 6.03 Å². The molecule has 2 amide bonds. The second kappa shape index (κ2) is 5.19. The number of likely N-dealkylation sites (N-methyl/N-ethyl adjacent to an activating group) is 1. The second-order valence-electron chi connectivity index (χ2n) is 4.56. The first-order valence-electron chi connectivity index (χ1n) is 5.98. The Bertz CT molecular complexity index is 399. The lowest BCUT2D eigenvalue weighted by Gasteiger charge is -2.24. The molecule has 0 aromatic heterocycles. The van der Waals surface area contributed by atoms with E-state index in [0.29, 0.717) is 6.04 Å². The van der Waals surface area contributed by atoms with E-state index in [1.54, 1.807) is 4.90 Å². The summed E-state index contributed by atoms with van der Waals surface area (Å²) in [6, 6.07) is 8.11. The Balaban J connectivity index is 1.96. The standard InChI is InChI=1S/C13H19N3O/c1-10-4-3-5-11(8-10)15-13(17)16(2)12-6-7-14-9-12/h3-5,8,12,14H,6-7,9H2,1-2H3,(H,15,17). The molecule has 2 N–H and O–H groups in total. The van der Waals surface area contributed by atoms with Gasteiger partial charge in [-0.15, -0.1) is 0 Å². The summed E-state index contributed by atoms with van der Waals surface area (Å²) in [6.07, 6.45) is 1.03. The van der Waals surface area contributed by atoms with Crippen molar-refractivity contribution < 1.29 is 4.79 Å². The largest absolute Gasteiger partial charge is 0.323 e. The number of rotatable bonds is 2. The molecule has 0 bridgehead atoms. The first-order valence-corrected chi connectivity index (χ1v) is 5.98. The zero-order valence-corrected chi connectivity index (χ0v) is 10.4. The Hall–Kier alpha value is -1.55. The Morgan fingerprint density at radius 2 is 2.35 bits per heavy atom. The van der Waals surface area contributed by atoms with Crippen LogP contribution in [0.25, 0.3) is 0 Å². The summed E-state index contributed by atoms with van der Waals surface area (Å²) in [5.41, 5.74) is 2.00. The van der Waals surface area contributed by atoms with Gasteiger partial charge in [0.05, 0.1) is 0 Å². The van der Waals surface area contributed by atoms with Gasteiger partial charge < -0.3 is 15.5 Å². The average Bonchev–Trinajstić information content (AvgIpc) is 2.81. The maximum absolute atomic E-state index is 12.0. The highest BCUT2D eigenvalue weighted by molar-refractivity contribution is 5.89. The maximum atomic E-state index is 12.0. The van der Waals surface area contributed by atoms with Crippen LogP contribution in [0.1, 0.15) is 12.0 Å². The van der Waals surface area contributed by atoms with Crippen molar-refractivity contribution in [1.29, 1.82) is 0 Å². The topological polar surface area (TPSA) is 44.4 Å². The van der Waals surface area contributed by atoms with E-state index in [9.17, 15) is 4.79 Å². The lowest BCUT2D eigenvalue weighted by molar-refractivity contribution is 0.208. The van der Waals surface area contributed by atoms with Gasteiger partial charge in [-0.05, 0) is 37.6 Å². The van der Waals surface area contributed by atoms with Crippen molar-refractivity contribution in [3.05, 3.63) is 29.8 Å². The lowest BCUT2D eigenvalue weighted by Crippen LogP contribution is -2.40. The van der Waals surface area contributed by atoms with Crippen LogP contribution in [-0.2, 0) is 0 Å². The van der Waals surface area contributed by atoms with E-state index in [1.807, 2.05) is 38.2 Å². The fourth-order valence-corrected chi connectivity index (χ4v) is 2.07. The van der Waals surface area contributed by atoms with Gasteiger partial charge in [0.25, 0.3) is 0 Å². The predicted octanol–water partition coefficient (Wildman–Crippen LogP) is 1.82. The molecule has 17 heavy (non-hydrogen) atoms. The molecule has 2 rings (SSSR count). The van der Waals surface area contributed by atoms with Crippen LogP contribution in [0.4, 0.5) is 10.5 Å². The van der Waals surface area contributed by atoms with Crippen LogP contribution in [-0.4, -0.2) is 37.1 Å². The molecule has 1 heterocycles. The molecular formula is C13H19N3O. The Labute approximate surface area is 102 Å². The van der Waals surface area contributed by atoms with Gasteiger partial charge in [-0.25, -0.2) is 4.79 Å². The zero-order chi connectivity index (χ0) is 12.3. The summed E-state index contributed by atoms with van der Waals surface area (Å²) in [4.78, 5) is 13.8. The van der Waals surface area contributed by atoms with Crippen molar-refractivity contribution in [2.24, 2.45) is 0 Å². The molecule has 1 saturated heterocycles. The molecule has 0 radical (unpaired) electrons. The number of anilines is 1. The molecule has 0 saturated carbocycles. The highest BCUT2D eigenvalue weighted by Gasteiger charge is 2.22. The van der Waals surface area contributed by atoms with Gasteiger partial charge in [0, 0.05) is 25.3 Å². The van der Waals surface area contributed by atoms with E-state index in [2.05, 4.69) is 10.6 Å². The van der Waals surface area contributed by atoms with E-state index < -0.39 is 0 Å². The first kappa shape index (κ1) is 11.9.